The summed E-state index contributed by atoms with van der Waals surface area (Å²) in [6.45, 7) is 2.23. The number of fused-ring (bicyclic) bond motifs is 1. The summed E-state index contributed by atoms with van der Waals surface area (Å²) in [5.74, 6) is 0. The topological polar surface area (TPSA) is 29.3 Å². The number of hydrogen-bond acceptors (Lipinski definition) is 3. The standard InChI is InChI=1S/C12H19N3S/c1-3-4-10(13-2)5-6-11-9-15-7-8-16-12(15)14-11/h7-10,13H,3-6H2,1-2H3. The molecule has 2 aromatic rings. The Labute approximate surface area is 101 Å². The first-order valence-electron chi connectivity index (χ1n) is 5.91. The van der Waals surface area contributed by atoms with Gasteiger partial charge in [0, 0.05) is 23.8 Å². The predicted octanol–water partition coefficient (Wildman–Crippen LogP) is 2.72. The number of hydrogen-bond donors (Lipinski definition) is 1. The van der Waals surface area contributed by atoms with Crippen molar-refractivity contribution < 1.29 is 0 Å². The van der Waals surface area contributed by atoms with E-state index in [-0.39, 0.29) is 0 Å². The molecule has 0 bridgehead atoms. The highest BCUT2D eigenvalue weighted by molar-refractivity contribution is 7.15. The van der Waals surface area contributed by atoms with Gasteiger partial charge in [0.1, 0.15) is 0 Å². The number of imidazole rings is 1. The molecule has 3 nitrogen and oxygen atoms in total. The maximum absolute atomic E-state index is 4.59. The fourth-order valence-corrected chi connectivity index (χ4v) is 2.72. The number of aryl methyl sites for hydroxylation is 1. The van der Waals surface area contributed by atoms with Crippen LogP contribution in [0, 0.1) is 0 Å². The molecular formula is C12H19N3S. The Kier molecular flexibility index (Phi) is 3.96. The van der Waals surface area contributed by atoms with Gasteiger partial charge < -0.3 is 5.32 Å². The van der Waals surface area contributed by atoms with E-state index < -0.39 is 0 Å². The molecule has 0 saturated carbocycles. The molecule has 4 heteroatoms. The van der Waals surface area contributed by atoms with E-state index in [0.29, 0.717) is 6.04 Å². The summed E-state index contributed by atoms with van der Waals surface area (Å²) in [6, 6.07) is 0.629. The fourth-order valence-electron chi connectivity index (χ4n) is 2.00. The molecule has 2 rings (SSSR count). The monoisotopic (exact) mass is 237 g/mol. The van der Waals surface area contributed by atoms with E-state index in [4.69, 9.17) is 0 Å². The van der Waals surface area contributed by atoms with Crippen molar-refractivity contribution in [1.82, 2.24) is 14.7 Å². The molecule has 0 amide bonds. The first-order chi connectivity index (χ1) is 7.83. The second-order valence-electron chi connectivity index (χ2n) is 4.14. The quantitative estimate of drug-likeness (QED) is 0.837. The third-order valence-electron chi connectivity index (χ3n) is 2.94. The zero-order chi connectivity index (χ0) is 11.4. The van der Waals surface area contributed by atoms with Crippen molar-refractivity contribution in [2.24, 2.45) is 0 Å². The van der Waals surface area contributed by atoms with Crippen LogP contribution >= 0.6 is 11.3 Å². The van der Waals surface area contributed by atoms with E-state index >= 15 is 0 Å². The Hall–Kier alpha value is -0.870. The van der Waals surface area contributed by atoms with Crippen molar-refractivity contribution in [3.05, 3.63) is 23.5 Å². The van der Waals surface area contributed by atoms with Crippen LogP contribution in [-0.4, -0.2) is 22.5 Å². The summed E-state index contributed by atoms with van der Waals surface area (Å²) in [6.07, 6.45) is 8.94. The zero-order valence-electron chi connectivity index (χ0n) is 9.94. The van der Waals surface area contributed by atoms with Gasteiger partial charge in [-0.1, -0.05) is 13.3 Å². The Morgan fingerprint density at radius 2 is 2.38 bits per heavy atom. The molecule has 0 aliphatic heterocycles. The van der Waals surface area contributed by atoms with Crippen molar-refractivity contribution in [1.29, 1.82) is 0 Å². The van der Waals surface area contributed by atoms with Crippen molar-refractivity contribution in [2.45, 2.75) is 38.6 Å². The molecule has 88 valence electrons. The maximum Gasteiger partial charge on any atom is 0.193 e. The van der Waals surface area contributed by atoms with Gasteiger partial charge in [-0.2, -0.15) is 0 Å². The van der Waals surface area contributed by atoms with Crippen molar-refractivity contribution in [3.8, 4) is 0 Å². The van der Waals surface area contributed by atoms with E-state index in [2.05, 4.69) is 39.4 Å². The summed E-state index contributed by atoms with van der Waals surface area (Å²) < 4.78 is 2.11. The van der Waals surface area contributed by atoms with Gasteiger partial charge in [0.05, 0.1) is 5.69 Å². The van der Waals surface area contributed by atoms with Gasteiger partial charge in [-0.15, -0.1) is 11.3 Å². The molecule has 0 radical (unpaired) electrons. The number of aromatic nitrogens is 2. The van der Waals surface area contributed by atoms with Crippen molar-refractivity contribution in [2.75, 3.05) is 7.05 Å². The van der Waals surface area contributed by atoms with Crippen LogP contribution in [-0.2, 0) is 6.42 Å². The molecule has 2 heterocycles. The highest BCUT2D eigenvalue weighted by Crippen LogP contribution is 2.13. The lowest BCUT2D eigenvalue weighted by molar-refractivity contribution is 0.482. The number of nitrogens with one attached hydrogen (secondary N) is 1. The van der Waals surface area contributed by atoms with E-state index in [0.717, 1.165) is 11.4 Å². The normalized spacial score (nSPS) is 13.4. The molecule has 1 unspecified atom stereocenters. The van der Waals surface area contributed by atoms with Gasteiger partial charge >= 0.3 is 0 Å². The highest BCUT2D eigenvalue weighted by atomic mass is 32.1. The van der Waals surface area contributed by atoms with Crippen LogP contribution in [0.15, 0.2) is 17.8 Å². The molecule has 0 saturated heterocycles. The van der Waals surface area contributed by atoms with Crippen LogP contribution in [0.4, 0.5) is 0 Å². The Morgan fingerprint density at radius 1 is 1.50 bits per heavy atom. The van der Waals surface area contributed by atoms with E-state index in [1.165, 1.54) is 25.0 Å². The van der Waals surface area contributed by atoms with Gasteiger partial charge in [-0.3, -0.25) is 4.40 Å². The van der Waals surface area contributed by atoms with Crippen LogP contribution in [0.2, 0.25) is 0 Å². The summed E-state index contributed by atoms with van der Waals surface area (Å²) in [7, 11) is 2.05. The SMILES string of the molecule is CCCC(CCc1cn2ccsc2n1)NC. The summed E-state index contributed by atoms with van der Waals surface area (Å²) in [5, 5.41) is 5.44. The summed E-state index contributed by atoms with van der Waals surface area (Å²) >= 11 is 1.69. The van der Waals surface area contributed by atoms with Gasteiger partial charge in [0.2, 0.25) is 0 Å². The first kappa shape index (κ1) is 11.6. The Balaban J connectivity index is 1.92. The smallest absolute Gasteiger partial charge is 0.193 e. The second-order valence-corrected chi connectivity index (χ2v) is 5.01. The molecular weight excluding hydrogens is 218 g/mol. The number of nitrogens with zero attached hydrogens (tertiary/aromatic N) is 2. The van der Waals surface area contributed by atoms with Crippen LogP contribution in [0.1, 0.15) is 31.9 Å². The van der Waals surface area contributed by atoms with Gasteiger partial charge in [0.25, 0.3) is 0 Å². The molecule has 2 aromatic heterocycles. The molecule has 0 fully saturated rings. The second kappa shape index (κ2) is 5.46. The molecule has 0 spiro atoms. The van der Waals surface area contributed by atoms with E-state index in [1.54, 1.807) is 11.3 Å². The highest BCUT2D eigenvalue weighted by Gasteiger charge is 2.07. The third-order valence-corrected chi connectivity index (χ3v) is 3.71. The van der Waals surface area contributed by atoms with Crippen LogP contribution < -0.4 is 5.32 Å². The van der Waals surface area contributed by atoms with Gasteiger partial charge in [-0.25, -0.2) is 4.98 Å². The van der Waals surface area contributed by atoms with Crippen molar-refractivity contribution in [3.63, 3.8) is 0 Å². The van der Waals surface area contributed by atoms with Crippen LogP contribution in [0.3, 0.4) is 0 Å². The van der Waals surface area contributed by atoms with Crippen LogP contribution in [0.5, 0.6) is 0 Å². The van der Waals surface area contributed by atoms with Crippen molar-refractivity contribution >= 4 is 16.3 Å². The van der Waals surface area contributed by atoms with E-state index in [1.807, 2.05) is 7.05 Å². The average Bonchev–Trinajstić information content (AvgIpc) is 2.84. The minimum absolute atomic E-state index is 0.629. The molecule has 0 aliphatic rings. The molecule has 16 heavy (non-hydrogen) atoms. The van der Waals surface area contributed by atoms with Gasteiger partial charge in [-0.05, 0) is 26.3 Å². The minimum Gasteiger partial charge on any atom is -0.317 e. The molecule has 0 aliphatic carbocycles. The van der Waals surface area contributed by atoms with Crippen LogP contribution in [0.25, 0.3) is 4.96 Å². The molecule has 0 aromatic carbocycles. The summed E-state index contributed by atoms with van der Waals surface area (Å²) in [5.41, 5.74) is 1.21. The Bertz CT molecular complexity index is 404. The van der Waals surface area contributed by atoms with Gasteiger partial charge in [0.15, 0.2) is 4.96 Å². The number of rotatable bonds is 6. The number of thiazole rings is 1. The van der Waals surface area contributed by atoms with E-state index in [9.17, 15) is 0 Å². The largest absolute Gasteiger partial charge is 0.317 e. The predicted molar refractivity (Wildman–Crippen MR) is 69.1 cm³/mol. The molecule has 1 atom stereocenters. The fraction of sp³-hybridized carbons (Fsp3) is 0.583. The average molecular weight is 237 g/mol. The summed E-state index contributed by atoms with van der Waals surface area (Å²) in [4.78, 5) is 5.70. The Morgan fingerprint density at radius 3 is 3.06 bits per heavy atom. The third kappa shape index (κ3) is 2.62. The first-order valence-corrected chi connectivity index (χ1v) is 6.79. The zero-order valence-corrected chi connectivity index (χ0v) is 10.8. The minimum atomic E-state index is 0.629. The lowest BCUT2D eigenvalue weighted by Crippen LogP contribution is -2.25. The maximum atomic E-state index is 4.59. The lowest BCUT2D eigenvalue weighted by atomic mass is 10.1. The molecule has 1 N–H and O–H groups in total. The lowest BCUT2D eigenvalue weighted by Gasteiger charge is -2.13.